The predicted octanol–water partition coefficient (Wildman–Crippen LogP) is 2.71. The highest BCUT2D eigenvalue weighted by Crippen LogP contribution is 2.63. The van der Waals surface area contributed by atoms with Gasteiger partial charge in [0.15, 0.2) is 0 Å². The van der Waals surface area contributed by atoms with Crippen LogP contribution in [0.1, 0.15) is 56.1 Å². The van der Waals surface area contributed by atoms with Crippen molar-refractivity contribution in [3.8, 4) is 0 Å². The zero-order chi connectivity index (χ0) is 12.0. The number of nitrogens with zero attached hydrogens (tertiary/aromatic N) is 3. The van der Waals surface area contributed by atoms with Crippen molar-refractivity contribution in [2.75, 3.05) is 13.1 Å². The molecule has 1 aliphatic carbocycles. The fourth-order valence-corrected chi connectivity index (χ4v) is 3.96. The van der Waals surface area contributed by atoms with E-state index >= 15 is 0 Å². The molecule has 1 aromatic heterocycles. The minimum absolute atomic E-state index is 0. The molecule has 1 spiro atoms. The summed E-state index contributed by atoms with van der Waals surface area (Å²) < 4.78 is 2.45. The Labute approximate surface area is 132 Å². The zero-order valence-electron chi connectivity index (χ0n) is 11.8. The van der Waals surface area contributed by atoms with Crippen molar-refractivity contribution in [2.45, 2.75) is 57.4 Å². The first-order valence-corrected chi connectivity index (χ1v) is 7.52. The van der Waals surface area contributed by atoms with Crippen LogP contribution in [-0.2, 0) is 13.0 Å². The average Bonchev–Trinajstić information content (AvgIpc) is 3.02. The number of halogens is 2. The van der Waals surface area contributed by atoms with E-state index in [0.717, 1.165) is 13.0 Å². The van der Waals surface area contributed by atoms with Crippen molar-refractivity contribution in [1.29, 1.82) is 0 Å². The van der Waals surface area contributed by atoms with Crippen LogP contribution in [0.25, 0.3) is 0 Å². The number of piperidine rings is 1. The van der Waals surface area contributed by atoms with E-state index in [2.05, 4.69) is 20.1 Å². The van der Waals surface area contributed by atoms with E-state index in [9.17, 15) is 0 Å². The molecule has 20 heavy (non-hydrogen) atoms. The predicted molar refractivity (Wildman–Crippen MR) is 84.0 cm³/mol. The van der Waals surface area contributed by atoms with E-state index < -0.39 is 0 Å². The number of hydrogen-bond donors (Lipinski definition) is 1. The van der Waals surface area contributed by atoms with E-state index in [0.29, 0.717) is 11.3 Å². The van der Waals surface area contributed by atoms with Gasteiger partial charge in [-0.3, -0.25) is 0 Å². The van der Waals surface area contributed by atoms with Crippen LogP contribution >= 0.6 is 24.8 Å². The first-order chi connectivity index (χ1) is 8.89. The molecule has 3 aliphatic rings. The van der Waals surface area contributed by atoms with Gasteiger partial charge in [0.2, 0.25) is 0 Å². The summed E-state index contributed by atoms with van der Waals surface area (Å²) in [6.07, 6.45) is 9.10. The molecule has 6 heteroatoms. The Hall–Kier alpha value is -0.320. The Bertz CT molecular complexity index is 454. The lowest BCUT2D eigenvalue weighted by atomic mass is 9.92. The number of rotatable bonds is 1. The molecule has 1 N–H and O–H groups in total. The lowest BCUT2D eigenvalue weighted by Gasteiger charge is -2.23. The molecule has 2 fully saturated rings. The number of hydrogen-bond acceptors (Lipinski definition) is 3. The summed E-state index contributed by atoms with van der Waals surface area (Å²) in [6.45, 7) is 3.54. The molecule has 0 amide bonds. The second-order valence-electron chi connectivity index (χ2n) is 6.31. The Morgan fingerprint density at radius 2 is 1.85 bits per heavy atom. The summed E-state index contributed by atoms with van der Waals surface area (Å²) in [5.74, 6) is 3.27. The highest BCUT2D eigenvalue weighted by atomic mass is 35.5. The molecule has 114 valence electrons. The minimum atomic E-state index is 0. The third-order valence-corrected chi connectivity index (χ3v) is 5.24. The maximum Gasteiger partial charge on any atom is 0.136 e. The molecule has 4 rings (SSSR count). The first-order valence-electron chi connectivity index (χ1n) is 7.52. The SMILES string of the molecule is C1CCc2nnc(C3CC34CCNCC4)n2CC1.Cl.Cl. The second-order valence-corrected chi connectivity index (χ2v) is 6.31. The van der Waals surface area contributed by atoms with Crippen molar-refractivity contribution in [3.05, 3.63) is 11.6 Å². The van der Waals surface area contributed by atoms with E-state index in [1.807, 2.05) is 0 Å². The zero-order valence-corrected chi connectivity index (χ0v) is 13.4. The molecule has 1 aromatic rings. The summed E-state index contributed by atoms with van der Waals surface area (Å²) in [5.41, 5.74) is 0.585. The molecule has 1 saturated heterocycles. The summed E-state index contributed by atoms with van der Waals surface area (Å²) in [4.78, 5) is 0. The van der Waals surface area contributed by atoms with Gasteiger partial charge in [0.25, 0.3) is 0 Å². The van der Waals surface area contributed by atoms with Crippen LogP contribution in [0.2, 0.25) is 0 Å². The fraction of sp³-hybridized carbons (Fsp3) is 0.857. The van der Waals surface area contributed by atoms with Crippen LogP contribution in [0.4, 0.5) is 0 Å². The van der Waals surface area contributed by atoms with Gasteiger partial charge in [0, 0.05) is 18.9 Å². The summed E-state index contributed by atoms with van der Waals surface area (Å²) in [5, 5.41) is 12.5. The van der Waals surface area contributed by atoms with Gasteiger partial charge in [0.1, 0.15) is 11.6 Å². The fourth-order valence-electron chi connectivity index (χ4n) is 3.96. The Kier molecular flexibility index (Phi) is 4.98. The van der Waals surface area contributed by atoms with Crippen LogP contribution in [0.15, 0.2) is 0 Å². The van der Waals surface area contributed by atoms with Gasteiger partial charge < -0.3 is 9.88 Å². The number of nitrogens with one attached hydrogen (secondary N) is 1. The molecule has 1 saturated carbocycles. The van der Waals surface area contributed by atoms with Crippen molar-refractivity contribution >= 4 is 24.8 Å². The third-order valence-electron chi connectivity index (χ3n) is 5.24. The van der Waals surface area contributed by atoms with E-state index in [4.69, 9.17) is 0 Å². The normalized spacial score (nSPS) is 26.9. The molecule has 2 aliphatic heterocycles. The molecule has 4 nitrogen and oxygen atoms in total. The van der Waals surface area contributed by atoms with Crippen molar-refractivity contribution in [2.24, 2.45) is 5.41 Å². The Balaban J connectivity index is 0.000000735. The minimum Gasteiger partial charge on any atom is -0.317 e. The first kappa shape index (κ1) is 16.1. The molecule has 1 unspecified atom stereocenters. The molecule has 0 bridgehead atoms. The van der Waals surface area contributed by atoms with E-state index in [1.165, 1.54) is 63.3 Å². The number of fused-ring (bicyclic) bond motifs is 1. The average molecular weight is 319 g/mol. The van der Waals surface area contributed by atoms with Gasteiger partial charge in [-0.25, -0.2) is 0 Å². The molecular weight excluding hydrogens is 295 g/mol. The summed E-state index contributed by atoms with van der Waals surface area (Å²) in [7, 11) is 0. The topological polar surface area (TPSA) is 42.7 Å². The van der Waals surface area contributed by atoms with Gasteiger partial charge >= 0.3 is 0 Å². The van der Waals surface area contributed by atoms with Crippen LogP contribution in [0.3, 0.4) is 0 Å². The second kappa shape index (κ2) is 6.20. The highest BCUT2D eigenvalue weighted by Gasteiger charge is 2.56. The smallest absolute Gasteiger partial charge is 0.136 e. The van der Waals surface area contributed by atoms with Crippen LogP contribution in [-0.4, -0.2) is 27.9 Å². The summed E-state index contributed by atoms with van der Waals surface area (Å²) >= 11 is 0. The molecular formula is C14H24Cl2N4. The largest absolute Gasteiger partial charge is 0.317 e. The van der Waals surface area contributed by atoms with Gasteiger partial charge in [-0.1, -0.05) is 6.42 Å². The Morgan fingerprint density at radius 1 is 1.05 bits per heavy atom. The summed E-state index contributed by atoms with van der Waals surface area (Å²) in [6, 6.07) is 0. The number of aromatic nitrogens is 3. The van der Waals surface area contributed by atoms with Crippen LogP contribution in [0, 0.1) is 5.41 Å². The van der Waals surface area contributed by atoms with Gasteiger partial charge in [-0.15, -0.1) is 35.0 Å². The lowest BCUT2D eigenvalue weighted by Crippen LogP contribution is -2.29. The monoisotopic (exact) mass is 318 g/mol. The highest BCUT2D eigenvalue weighted by molar-refractivity contribution is 5.85. The maximum atomic E-state index is 4.54. The quantitative estimate of drug-likeness (QED) is 0.865. The standard InChI is InChI=1S/C14H22N4.2ClH/c1-2-4-12-16-17-13(18(12)9-3-1)11-10-14(11)5-7-15-8-6-14;;/h11,15H,1-10H2;2*1H. The van der Waals surface area contributed by atoms with E-state index in [1.54, 1.807) is 0 Å². The van der Waals surface area contributed by atoms with Crippen molar-refractivity contribution in [1.82, 2.24) is 20.1 Å². The van der Waals surface area contributed by atoms with Crippen molar-refractivity contribution < 1.29 is 0 Å². The third kappa shape index (κ3) is 2.58. The van der Waals surface area contributed by atoms with Gasteiger partial charge in [-0.05, 0) is 50.6 Å². The molecule has 0 radical (unpaired) electrons. The number of aryl methyl sites for hydroxylation is 1. The van der Waals surface area contributed by atoms with Crippen LogP contribution in [0.5, 0.6) is 0 Å². The lowest BCUT2D eigenvalue weighted by molar-refractivity contribution is 0.337. The molecule has 3 heterocycles. The van der Waals surface area contributed by atoms with Gasteiger partial charge in [-0.2, -0.15) is 0 Å². The van der Waals surface area contributed by atoms with Gasteiger partial charge in [0.05, 0.1) is 0 Å². The maximum absolute atomic E-state index is 4.54. The Morgan fingerprint density at radius 3 is 2.65 bits per heavy atom. The van der Waals surface area contributed by atoms with E-state index in [-0.39, 0.29) is 24.8 Å². The van der Waals surface area contributed by atoms with Crippen molar-refractivity contribution in [3.63, 3.8) is 0 Å². The molecule has 1 atom stereocenters. The molecule has 0 aromatic carbocycles. The van der Waals surface area contributed by atoms with Crippen LogP contribution < -0.4 is 5.32 Å².